The second-order valence-corrected chi connectivity index (χ2v) is 2.38. The van der Waals surface area contributed by atoms with Crippen LogP contribution in [0, 0.1) is 10.1 Å². The fourth-order valence-corrected chi connectivity index (χ4v) is 0.764. The summed E-state index contributed by atoms with van der Waals surface area (Å²) in [5.74, 6) is 3.98. The normalized spacial score (nSPS) is 9.79. The summed E-state index contributed by atoms with van der Waals surface area (Å²) in [7, 11) is 0. The molecule has 0 spiro atoms. The van der Waals surface area contributed by atoms with Crippen LogP contribution in [-0.4, -0.2) is 25.6 Å². The maximum Gasteiger partial charge on any atom is 0.490 e. The van der Waals surface area contributed by atoms with Gasteiger partial charge in [0.1, 0.15) is 0 Å². The summed E-state index contributed by atoms with van der Waals surface area (Å²) in [5, 5.41) is 13.7. The zero-order chi connectivity index (χ0) is 10.6. The molecular formula is C5H8N6O3. The maximum absolute atomic E-state index is 10.7. The number of aryl methyl sites for hydroxylation is 1. The van der Waals surface area contributed by atoms with Crippen LogP contribution >= 0.6 is 0 Å². The van der Waals surface area contributed by atoms with E-state index in [1.807, 2.05) is 5.43 Å². The van der Waals surface area contributed by atoms with E-state index in [1.165, 1.54) is 11.0 Å². The lowest BCUT2D eigenvalue weighted by molar-refractivity contribution is -0.394. The van der Waals surface area contributed by atoms with E-state index in [0.29, 0.717) is 0 Å². The summed E-state index contributed by atoms with van der Waals surface area (Å²) in [6.45, 7) is 0.198. The van der Waals surface area contributed by atoms with Gasteiger partial charge in [0.25, 0.3) is 0 Å². The second-order valence-electron chi connectivity index (χ2n) is 2.38. The molecule has 0 atom stereocenters. The number of nitrogens with zero attached hydrogens (tertiary/aromatic N) is 4. The Bertz CT molecular complexity index is 347. The van der Waals surface area contributed by atoms with Crippen molar-refractivity contribution in [3.63, 3.8) is 0 Å². The summed E-state index contributed by atoms with van der Waals surface area (Å²) in [6.07, 6.45) is 1.28. The van der Waals surface area contributed by atoms with E-state index in [-0.39, 0.29) is 18.9 Å². The fraction of sp³-hybridized carbons (Fsp3) is 0.400. The minimum atomic E-state index is -0.709. The number of nitro groups is 1. The van der Waals surface area contributed by atoms with Gasteiger partial charge in [-0.25, -0.2) is 5.84 Å². The molecule has 9 nitrogen and oxygen atoms in total. The Morgan fingerprint density at radius 2 is 2.50 bits per heavy atom. The predicted molar refractivity (Wildman–Crippen MR) is 43.6 cm³/mol. The molecule has 0 aliphatic rings. The summed E-state index contributed by atoms with van der Waals surface area (Å²) in [6, 6.07) is 0. The first-order valence-corrected chi connectivity index (χ1v) is 3.66. The molecule has 0 radical (unpaired) electrons. The number of rotatable bonds is 4. The number of hydrogen-bond donors (Lipinski definition) is 2. The first kappa shape index (κ1) is 10.1. The molecule has 1 aromatic rings. The zero-order valence-corrected chi connectivity index (χ0v) is 7.08. The number of amides is 1. The molecule has 1 aromatic heterocycles. The number of nitrogens with one attached hydrogen (secondary N) is 1. The maximum atomic E-state index is 10.7. The van der Waals surface area contributed by atoms with Crippen molar-refractivity contribution in [2.24, 2.45) is 5.84 Å². The Morgan fingerprint density at radius 3 is 3.00 bits per heavy atom. The molecule has 0 unspecified atom stereocenters. The average Bonchev–Trinajstić information content (AvgIpc) is 2.62. The Morgan fingerprint density at radius 1 is 1.79 bits per heavy atom. The van der Waals surface area contributed by atoms with E-state index < -0.39 is 10.9 Å². The largest absolute Gasteiger partial charge is 0.490 e. The molecule has 0 aliphatic heterocycles. The van der Waals surface area contributed by atoms with Crippen molar-refractivity contribution in [2.45, 2.75) is 13.0 Å². The van der Waals surface area contributed by atoms with Gasteiger partial charge in [-0.15, -0.1) is 0 Å². The van der Waals surface area contributed by atoms with Gasteiger partial charge in [0.05, 0.1) is 6.54 Å². The predicted octanol–water partition coefficient (Wildman–Crippen LogP) is -1.43. The van der Waals surface area contributed by atoms with E-state index in [2.05, 4.69) is 10.1 Å². The topological polar surface area (TPSA) is 129 Å². The first-order chi connectivity index (χ1) is 6.63. The van der Waals surface area contributed by atoms with Gasteiger partial charge in [-0.3, -0.25) is 10.2 Å². The number of carbonyl (C=O) groups excluding carboxylic acids is 1. The standard InChI is InChI=1S/C5H8N6O3/c6-8-4(12)1-2-10-3-7-5(9-10)11(13)14/h3H,1-2,6H2,(H,8,12). The molecular weight excluding hydrogens is 192 g/mol. The van der Waals surface area contributed by atoms with Crippen molar-refractivity contribution >= 4 is 11.9 Å². The van der Waals surface area contributed by atoms with Crippen LogP contribution in [0.5, 0.6) is 0 Å². The summed E-state index contributed by atoms with van der Waals surface area (Å²) < 4.78 is 1.20. The molecule has 1 heterocycles. The highest BCUT2D eigenvalue weighted by Crippen LogP contribution is 1.99. The minimum Gasteiger partial charge on any atom is -0.390 e. The number of carbonyl (C=O) groups is 1. The van der Waals surface area contributed by atoms with Crippen molar-refractivity contribution in [3.05, 3.63) is 16.4 Å². The number of aromatic nitrogens is 3. The average molecular weight is 200 g/mol. The Labute approximate surface area is 78.0 Å². The molecule has 0 aliphatic carbocycles. The van der Waals surface area contributed by atoms with Crippen LogP contribution in [0.15, 0.2) is 6.33 Å². The second kappa shape index (κ2) is 4.28. The van der Waals surface area contributed by atoms with E-state index in [1.54, 1.807) is 0 Å². The lowest BCUT2D eigenvalue weighted by Crippen LogP contribution is -2.30. The molecule has 1 rings (SSSR count). The van der Waals surface area contributed by atoms with E-state index >= 15 is 0 Å². The van der Waals surface area contributed by atoms with Gasteiger partial charge in [-0.05, 0) is 4.92 Å². The highest BCUT2D eigenvalue weighted by Gasteiger charge is 2.13. The highest BCUT2D eigenvalue weighted by atomic mass is 16.6. The van der Waals surface area contributed by atoms with Crippen LogP contribution in [0.2, 0.25) is 0 Å². The lowest BCUT2D eigenvalue weighted by atomic mass is 10.4. The van der Waals surface area contributed by atoms with Crippen molar-refractivity contribution in [1.29, 1.82) is 0 Å². The molecule has 3 N–H and O–H groups in total. The van der Waals surface area contributed by atoms with Crippen LogP contribution in [0.3, 0.4) is 0 Å². The van der Waals surface area contributed by atoms with Crippen LogP contribution in [0.25, 0.3) is 0 Å². The third-order valence-corrected chi connectivity index (χ3v) is 1.42. The minimum absolute atomic E-state index is 0.0943. The Kier molecular flexibility index (Phi) is 3.07. The summed E-state index contributed by atoms with van der Waals surface area (Å²) in [4.78, 5) is 23.6. The fourth-order valence-electron chi connectivity index (χ4n) is 0.764. The Balaban J connectivity index is 2.52. The van der Waals surface area contributed by atoms with Crippen molar-refractivity contribution in [3.8, 4) is 0 Å². The quantitative estimate of drug-likeness (QED) is 0.265. The van der Waals surface area contributed by atoms with Gasteiger partial charge < -0.3 is 10.1 Å². The summed E-state index contributed by atoms with van der Waals surface area (Å²) >= 11 is 0. The Hall–Kier alpha value is -2.03. The van der Waals surface area contributed by atoms with Gasteiger partial charge in [0.15, 0.2) is 0 Å². The van der Waals surface area contributed by atoms with Crippen LogP contribution < -0.4 is 11.3 Å². The SMILES string of the molecule is NNC(=O)CCn1cnc([N+](=O)[O-])n1. The third-order valence-electron chi connectivity index (χ3n) is 1.42. The molecule has 1 amide bonds. The lowest BCUT2D eigenvalue weighted by Gasteiger charge is -1.95. The molecule has 0 saturated heterocycles. The van der Waals surface area contributed by atoms with Gasteiger partial charge in [-0.1, -0.05) is 4.98 Å². The highest BCUT2D eigenvalue weighted by molar-refractivity contribution is 5.74. The molecule has 76 valence electrons. The molecule has 14 heavy (non-hydrogen) atoms. The molecule has 0 fully saturated rings. The number of hydrogen-bond acceptors (Lipinski definition) is 6. The number of nitrogens with two attached hydrogens (primary N) is 1. The third kappa shape index (κ3) is 2.48. The molecule has 0 saturated carbocycles. The first-order valence-electron chi connectivity index (χ1n) is 3.66. The van der Waals surface area contributed by atoms with Crippen LogP contribution in [0.4, 0.5) is 5.95 Å². The number of hydrazine groups is 1. The van der Waals surface area contributed by atoms with Crippen molar-refractivity contribution in [1.82, 2.24) is 20.2 Å². The molecule has 0 aromatic carbocycles. The van der Waals surface area contributed by atoms with Crippen LogP contribution in [0.1, 0.15) is 6.42 Å². The van der Waals surface area contributed by atoms with Crippen LogP contribution in [-0.2, 0) is 11.3 Å². The van der Waals surface area contributed by atoms with Crippen molar-refractivity contribution < 1.29 is 9.72 Å². The van der Waals surface area contributed by atoms with E-state index in [0.717, 1.165) is 0 Å². The van der Waals surface area contributed by atoms with Gasteiger partial charge in [0.2, 0.25) is 12.2 Å². The van der Waals surface area contributed by atoms with Crippen molar-refractivity contribution in [2.75, 3.05) is 0 Å². The van der Waals surface area contributed by atoms with Gasteiger partial charge in [0, 0.05) is 11.5 Å². The van der Waals surface area contributed by atoms with E-state index in [9.17, 15) is 14.9 Å². The monoisotopic (exact) mass is 200 g/mol. The molecule has 0 bridgehead atoms. The van der Waals surface area contributed by atoms with E-state index in [4.69, 9.17) is 5.84 Å². The zero-order valence-electron chi connectivity index (χ0n) is 7.08. The summed E-state index contributed by atoms with van der Waals surface area (Å²) in [5.41, 5.74) is 1.93. The van der Waals surface area contributed by atoms with Gasteiger partial charge in [-0.2, -0.15) is 4.68 Å². The smallest absolute Gasteiger partial charge is 0.390 e. The van der Waals surface area contributed by atoms with Gasteiger partial charge >= 0.3 is 5.95 Å². The molecule has 9 heteroatoms.